The summed E-state index contributed by atoms with van der Waals surface area (Å²) >= 11 is 0. The Bertz CT molecular complexity index is 761. The Balaban J connectivity index is 1.65. The van der Waals surface area contributed by atoms with E-state index in [2.05, 4.69) is 10.3 Å². The van der Waals surface area contributed by atoms with Crippen LogP contribution in [0.25, 0.3) is 0 Å². The van der Waals surface area contributed by atoms with Crippen molar-refractivity contribution in [1.29, 1.82) is 0 Å². The molecule has 1 saturated heterocycles. The second kappa shape index (κ2) is 9.39. The highest BCUT2D eigenvalue weighted by atomic mass is 16.3. The molecule has 2 aromatic heterocycles. The van der Waals surface area contributed by atoms with Gasteiger partial charge >= 0.3 is 6.03 Å². The molecule has 150 valence electrons. The number of rotatable bonds is 6. The zero-order valence-electron chi connectivity index (χ0n) is 16.5. The molecule has 1 aliphatic heterocycles. The Morgan fingerprint density at radius 2 is 2.07 bits per heavy atom. The van der Waals surface area contributed by atoms with Crippen molar-refractivity contribution < 1.29 is 14.0 Å². The fourth-order valence-corrected chi connectivity index (χ4v) is 3.42. The van der Waals surface area contributed by atoms with Crippen LogP contribution in [-0.4, -0.2) is 45.9 Å². The third kappa shape index (κ3) is 5.34. The van der Waals surface area contributed by atoms with E-state index in [4.69, 9.17) is 4.42 Å². The van der Waals surface area contributed by atoms with Gasteiger partial charge in [-0.3, -0.25) is 9.78 Å². The largest absolute Gasteiger partial charge is 0.467 e. The van der Waals surface area contributed by atoms with Gasteiger partial charge in [0.25, 0.3) is 0 Å². The summed E-state index contributed by atoms with van der Waals surface area (Å²) in [4.78, 5) is 32.9. The van der Waals surface area contributed by atoms with Gasteiger partial charge in [0, 0.05) is 44.0 Å². The number of carbonyl (C=O) groups excluding carboxylic acids is 2. The number of furan rings is 1. The number of aromatic nitrogens is 1. The van der Waals surface area contributed by atoms with E-state index >= 15 is 0 Å². The zero-order chi connectivity index (χ0) is 19.9. The van der Waals surface area contributed by atoms with Gasteiger partial charge < -0.3 is 19.5 Å². The summed E-state index contributed by atoms with van der Waals surface area (Å²) in [5, 5.41) is 3.11. The maximum absolute atomic E-state index is 13.0. The number of nitrogens with zero attached hydrogens (tertiary/aromatic N) is 3. The molecule has 1 fully saturated rings. The fourth-order valence-electron chi connectivity index (χ4n) is 3.42. The number of hydrogen-bond donors (Lipinski definition) is 1. The maximum Gasteiger partial charge on any atom is 0.318 e. The summed E-state index contributed by atoms with van der Waals surface area (Å²) in [7, 11) is 0. The minimum Gasteiger partial charge on any atom is -0.467 e. The molecule has 1 aliphatic rings. The second-order valence-corrected chi connectivity index (χ2v) is 7.52. The molecule has 0 bridgehead atoms. The summed E-state index contributed by atoms with van der Waals surface area (Å²) in [5.74, 6) is 0.837. The van der Waals surface area contributed by atoms with Crippen molar-refractivity contribution in [3.05, 3.63) is 54.2 Å². The Morgan fingerprint density at radius 1 is 1.29 bits per heavy atom. The number of hydrogen-bond acceptors (Lipinski definition) is 4. The lowest BCUT2D eigenvalue weighted by Crippen LogP contribution is -2.53. The molecule has 28 heavy (non-hydrogen) atoms. The predicted octanol–water partition coefficient (Wildman–Crippen LogP) is 3.03. The molecule has 3 amide bonds. The molecule has 3 heterocycles. The van der Waals surface area contributed by atoms with Gasteiger partial charge in [0.2, 0.25) is 5.91 Å². The summed E-state index contributed by atoms with van der Waals surface area (Å²) in [5.41, 5.74) is 0.997. The van der Waals surface area contributed by atoms with E-state index in [1.54, 1.807) is 23.6 Å². The first-order valence-electron chi connectivity index (χ1n) is 9.78. The van der Waals surface area contributed by atoms with E-state index in [1.165, 1.54) is 0 Å². The minimum atomic E-state index is -0.156. The Labute approximate surface area is 165 Å². The molecule has 3 rings (SSSR count). The van der Waals surface area contributed by atoms with Crippen LogP contribution >= 0.6 is 0 Å². The van der Waals surface area contributed by atoms with Gasteiger partial charge in [0.15, 0.2) is 0 Å². The first-order valence-corrected chi connectivity index (χ1v) is 9.78. The number of nitrogens with one attached hydrogen (secondary N) is 1. The summed E-state index contributed by atoms with van der Waals surface area (Å²) in [6, 6.07) is 7.26. The summed E-state index contributed by atoms with van der Waals surface area (Å²) in [6.07, 6.45) is 6.81. The van der Waals surface area contributed by atoms with Gasteiger partial charge in [-0.25, -0.2) is 4.79 Å². The van der Waals surface area contributed by atoms with Crippen LogP contribution in [0.15, 0.2) is 47.3 Å². The number of amides is 3. The molecule has 7 heteroatoms. The fraction of sp³-hybridized carbons (Fsp3) is 0.476. The molecule has 0 aromatic carbocycles. The average Bonchev–Trinajstić information content (AvgIpc) is 3.21. The highest BCUT2D eigenvalue weighted by Gasteiger charge is 2.27. The number of carbonyl (C=O) groups is 2. The van der Waals surface area contributed by atoms with Crippen molar-refractivity contribution in [1.82, 2.24) is 20.1 Å². The monoisotopic (exact) mass is 384 g/mol. The van der Waals surface area contributed by atoms with Gasteiger partial charge in [-0.1, -0.05) is 13.8 Å². The van der Waals surface area contributed by atoms with Crippen LogP contribution in [0.2, 0.25) is 0 Å². The average molecular weight is 384 g/mol. The smallest absolute Gasteiger partial charge is 0.318 e. The van der Waals surface area contributed by atoms with Crippen LogP contribution < -0.4 is 5.32 Å². The van der Waals surface area contributed by atoms with Gasteiger partial charge in [-0.2, -0.15) is 0 Å². The Hall–Kier alpha value is -2.83. The zero-order valence-corrected chi connectivity index (χ0v) is 16.5. The van der Waals surface area contributed by atoms with Crippen molar-refractivity contribution >= 4 is 11.9 Å². The molecule has 0 radical (unpaired) electrons. The van der Waals surface area contributed by atoms with E-state index in [9.17, 15) is 9.59 Å². The van der Waals surface area contributed by atoms with E-state index in [0.717, 1.165) is 30.7 Å². The van der Waals surface area contributed by atoms with E-state index < -0.39 is 0 Å². The Morgan fingerprint density at radius 3 is 2.75 bits per heavy atom. The predicted molar refractivity (Wildman–Crippen MR) is 105 cm³/mol. The number of pyridine rings is 1. The maximum atomic E-state index is 13.0. The highest BCUT2D eigenvalue weighted by molar-refractivity contribution is 5.78. The van der Waals surface area contributed by atoms with E-state index in [-0.39, 0.29) is 23.9 Å². The van der Waals surface area contributed by atoms with Gasteiger partial charge in [-0.15, -0.1) is 0 Å². The van der Waals surface area contributed by atoms with Gasteiger partial charge in [0.1, 0.15) is 5.76 Å². The third-order valence-corrected chi connectivity index (χ3v) is 4.89. The lowest BCUT2D eigenvalue weighted by molar-refractivity contribution is -0.135. The normalized spacial score (nSPS) is 16.8. The SMILES string of the molecule is CC(C)C(=O)N1CCC[C@H](NC(=O)N(Cc2ccncc2)Cc2ccco2)C1. The van der Waals surface area contributed by atoms with Crippen LogP contribution in [0, 0.1) is 5.92 Å². The minimum absolute atomic E-state index is 0.0309. The highest BCUT2D eigenvalue weighted by Crippen LogP contribution is 2.15. The van der Waals surface area contributed by atoms with Crippen molar-refractivity contribution in [2.24, 2.45) is 5.92 Å². The van der Waals surface area contributed by atoms with Crippen molar-refractivity contribution in [3.63, 3.8) is 0 Å². The molecule has 0 saturated carbocycles. The second-order valence-electron chi connectivity index (χ2n) is 7.52. The van der Waals surface area contributed by atoms with Gasteiger partial charge in [0.05, 0.1) is 12.8 Å². The Kier molecular flexibility index (Phi) is 6.68. The number of piperidine rings is 1. The molecular formula is C21H28N4O3. The van der Waals surface area contributed by atoms with Crippen LogP contribution in [0.4, 0.5) is 4.79 Å². The topological polar surface area (TPSA) is 78.7 Å². The molecule has 2 aromatic rings. The lowest BCUT2D eigenvalue weighted by Gasteiger charge is -2.35. The van der Waals surface area contributed by atoms with Crippen molar-refractivity contribution in [2.75, 3.05) is 13.1 Å². The van der Waals surface area contributed by atoms with Crippen LogP contribution in [0.1, 0.15) is 38.0 Å². The first-order chi connectivity index (χ1) is 13.5. The molecule has 0 unspecified atom stereocenters. The van der Waals surface area contributed by atoms with E-state index in [0.29, 0.717) is 19.6 Å². The van der Waals surface area contributed by atoms with E-state index in [1.807, 2.05) is 43.0 Å². The molecular weight excluding hydrogens is 356 g/mol. The molecule has 1 atom stereocenters. The third-order valence-electron chi connectivity index (χ3n) is 4.89. The standard InChI is InChI=1S/C21H28N4O3/c1-16(2)20(26)24-11-3-5-18(14-24)23-21(27)25(15-19-6-4-12-28-19)13-17-7-9-22-10-8-17/h4,6-10,12,16,18H,3,5,11,13-15H2,1-2H3,(H,23,27)/t18-/m0/s1. The molecule has 7 nitrogen and oxygen atoms in total. The molecule has 0 spiro atoms. The van der Waals surface area contributed by atoms with Crippen molar-refractivity contribution in [2.45, 2.75) is 45.8 Å². The lowest BCUT2D eigenvalue weighted by atomic mass is 10.0. The first kappa shape index (κ1) is 19.9. The van der Waals surface area contributed by atoms with Crippen LogP contribution in [0.3, 0.4) is 0 Å². The summed E-state index contributed by atoms with van der Waals surface area (Å²) < 4.78 is 5.43. The number of urea groups is 1. The van der Waals surface area contributed by atoms with Crippen LogP contribution in [-0.2, 0) is 17.9 Å². The van der Waals surface area contributed by atoms with Gasteiger partial charge in [-0.05, 0) is 42.7 Å². The molecule has 1 N–H and O–H groups in total. The number of likely N-dealkylation sites (tertiary alicyclic amines) is 1. The quantitative estimate of drug-likeness (QED) is 0.830. The van der Waals surface area contributed by atoms with Crippen LogP contribution in [0.5, 0.6) is 0 Å². The van der Waals surface area contributed by atoms with Crippen molar-refractivity contribution in [3.8, 4) is 0 Å². The molecule has 0 aliphatic carbocycles. The summed E-state index contributed by atoms with van der Waals surface area (Å²) in [6.45, 7) is 5.97.